The first-order valence-electron chi connectivity index (χ1n) is 43.9. The van der Waals surface area contributed by atoms with Gasteiger partial charge in [0.2, 0.25) is 23.6 Å². The first kappa shape index (κ1) is 115. The zero-order valence-corrected chi connectivity index (χ0v) is 78.1. The number of phosphoric acid groups is 2. The van der Waals surface area contributed by atoms with E-state index < -0.39 is 109 Å². The van der Waals surface area contributed by atoms with Crippen molar-refractivity contribution in [3.8, 4) is 0 Å². The van der Waals surface area contributed by atoms with Crippen LogP contribution in [0.3, 0.4) is 0 Å². The van der Waals surface area contributed by atoms with Crippen LogP contribution in [0.2, 0.25) is 0 Å². The molecule has 2 unspecified atom stereocenters. The maximum absolute atomic E-state index is 13.3. The zero-order chi connectivity index (χ0) is 81.8. The molecule has 0 aromatic heterocycles. The van der Waals surface area contributed by atoms with Crippen molar-refractivity contribution in [2.24, 2.45) is 0 Å². The second-order valence-electron chi connectivity index (χ2n) is 30.0. The molecule has 0 aliphatic carbocycles. The van der Waals surface area contributed by atoms with Gasteiger partial charge in [-0.1, -0.05) is 258 Å². The van der Waals surface area contributed by atoms with Gasteiger partial charge in [-0.2, -0.15) is 0 Å². The average molecular weight is 1670 g/mol. The van der Waals surface area contributed by atoms with Gasteiger partial charge in [-0.3, -0.25) is 56.5 Å². The third-order valence-corrected chi connectivity index (χ3v) is 21.0. The summed E-state index contributed by atoms with van der Waals surface area (Å²) in [4.78, 5) is 125. The molecule has 0 saturated carbocycles. The molecule has 0 radical (unpaired) electrons. The van der Waals surface area contributed by atoms with E-state index in [9.17, 15) is 57.3 Å². The quantitative estimate of drug-likeness (QED) is 0.00823. The zero-order valence-electron chi connectivity index (χ0n) is 74.3. The summed E-state index contributed by atoms with van der Waals surface area (Å²) >= 11 is 0. The molecule has 4 amide bonds. The van der Waals surface area contributed by atoms with Gasteiger partial charge in [-0.05, 0) is 89.9 Å². The van der Waals surface area contributed by atoms with Gasteiger partial charge in [0.1, 0.15) is 30.2 Å². The van der Waals surface area contributed by atoms with E-state index in [1.165, 1.54) is 89.9 Å². The Hall–Kier alpha value is -2.22. The standard InChI is InChI=1S/C85H158N4O20P2.2Na.2H/c1-7-13-19-25-29-33-37-43-47-53-76(90)67-82(94)88-74(70-102-63-59-78(55-49-41-23-17-11-5)108-84(96)57-51-45-39-35-31-27-21-15-9-3)72-106-110(98,99)104-65-61-86-80(92)69-81(93)87-62-66-105-111(100,101)107-73-75(89-83(95)68-77(91)54-48-44-38-34-30-26-20-14-8-2)71-103-64-60-79(56-50-42-24-18-12-6)109-85(97)58-52-46-40-36-32-28-22-16-10-4;;;;/h35-36,39-40,74-75,78-79H,7-34,37-38,41-73H2,1-6H3,(H,86,92)(H,87,93)(H,88,94)(H,89,95)(H,98,99)(H,100,101);;;;/q;2*+1;2*-1/b39-35-,40-36-;;;;/t74-,75-,78-,79-;;;;/m1..../s1. The summed E-state index contributed by atoms with van der Waals surface area (Å²) < 4.78 is 71.0. The third-order valence-electron chi connectivity index (χ3n) is 19.1. The van der Waals surface area contributed by atoms with Crippen molar-refractivity contribution in [1.82, 2.24) is 21.3 Å². The normalized spacial score (nSPS) is 13.6. The van der Waals surface area contributed by atoms with Crippen LogP contribution in [-0.4, -0.2) is 147 Å². The van der Waals surface area contributed by atoms with Crippen LogP contribution in [0.4, 0.5) is 0 Å². The molecule has 113 heavy (non-hydrogen) atoms. The van der Waals surface area contributed by atoms with E-state index >= 15 is 0 Å². The fraction of sp³-hybridized carbons (Fsp3) is 0.859. The summed E-state index contributed by atoms with van der Waals surface area (Å²) in [5.74, 6) is -3.82. The topological polar surface area (TPSA) is 333 Å². The molecular formula is C85H160N4Na2O20P2. The molecule has 0 aliphatic rings. The van der Waals surface area contributed by atoms with Crippen LogP contribution >= 0.6 is 15.6 Å². The van der Waals surface area contributed by atoms with Crippen LogP contribution in [-0.2, 0) is 84.5 Å². The number of carbonyl (C=O) groups is 8. The summed E-state index contributed by atoms with van der Waals surface area (Å²) in [6.45, 7) is 10.1. The van der Waals surface area contributed by atoms with Gasteiger partial charge >= 0.3 is 86.7 Å². The van der Waals surface area contributed by atoms with Crippen molar-refractivity contribution in [1.29, 1.82) is 0 Å². The van der Waals surface area contributed by atoms with Crippen LogP contribution in [0.15, 0.2) is 24.3 Å². The van der Waals surface area contributed by atoms with Crippen molar-refractivity contribution < 1.29 is 156 Å². The fourth-order valence-electron chi connectivity index (χ4n) is 12.5. The molecule has 6 atom stereocenters. The van der Waals surface area contributed by atoms with Crippen molar-refractivity contribution in [2.75, 3.05) is 65.9 Å². The number of esters is 2. The number of carbonyl (C=O) groups excluding carboxylic acids is 8. The molecule has 6 N–H and O–H groups in total. The summed E-state index contributed by atoms with van der Waals surface area (Å²) in [6, 6.07) is -2.00. The molecule has 0 heterocycles. The number of allylic oxidation sites excluding steroid dienone is 4. The summed E-state index contributed by atoms with van der Waals surface area (Å²) in [6.07, 6.45) is 53.7. The molecular weight excluding hydrogens is 1500 g/mol. The molecule has 0 spiro atoms. The Morgan fingerprint density at radius 2 is 0.619 bits per heavy atom. The number of hydrogen-bond donors (Lipinski definition) is 6. The predicted molar refractivity (Wildman–Crippen MR) is 444 cm³/mol. The Morgan fingerprint density at radius 1 is 0.327 bits per heavy atom. The Bertz CT molecular complexity index is 2360. The van der Waals surface area contributed by atoms with E-state index in [1.807, 2.05) is 0 Å². The smallest absolute Gasteiger partial charge is 1.00 e. The van der Waals surface area contributed by atoms with E-state index in [0.717, 1.165) is 154 Å². The molecule has 0 fully saturated rings. The number of Topliss-reactive ketones (excluding diaryl/α,β-unsaturated/α-hetero) is 2. The van der Waals surface area contributed by atoms with Crippen molar-refractivity contribution in [3.05, 3.63) is 24.3 Å². The number of unbranched alkanes of at least 4 members (excludes halogenated alkanes) is 34. The summed E-state index contributed by atoms with van der Waals surface area (Å²) in [5.41, 5.74) is 0. The molecule has 0 rings (SSSR count). The first-order chi connectivity index (χ1) is 53.7. The van der Waals surface area contributed by atoms with E-state index in [-0.39, 0.29) is 138 Å². The first-order valence-corrected chi connectivity index (χ1v) is 46.9. The molecule has 652 valence electrons. The summed E-state index contributed by atoms with van der Waals surface area (Å²) in [5, 5.41) is 10.2. The molecule has 0 bridgehead atoms. The van der Waals surface area contributed by atoms with Crippen molar-refractivity contribution in [3.63, 3.8) is 0 Å². The minimum atomic E-state index is -4.83. The van der Waals surface area contributed by atoms with Gasteiger partial charge in [0, 0.05) is 51.6 Å². The number of rotatable bonds is 84. The van der Waals surface area contributed by atoms with Crippen LogP contribution in [0.5, 0.6) is 0 Å². The van der Waals surface area contributed by atoms with E-state index in [0.29, 0.717) is 64.2 Å². The maximum atomic E-state index is 13.3. The Balaban J connectivity index is -0.0000101. The molecule has 0 aromatic carbocycles. The third kappa shape index (κ3) is 80.6. The number of nitrogens with one attached hydrogen (secondary N) is 4. The second-order valence-corrected chi connectivity index (χ2v) is 32.9. The SMILES string of the molecule is CCCCCC/C=C\CCCC(=O)O[C@H](CCCCCCC)CCOC[C@H](COP(=O)(O)OCCNC(=O)CC(=O)NCCOP(=O)(O)OC[C@@H](COCC[C@@H](CCCCCCC)OC(=O)CCC/C=C\CCCCCC)NC(=O)CC(=O)CCCCCCCCCCC)NC(=O)CC(=O)CCCCCCCCCCC.[H-].[H-].[Na+].[Na+]. The van der Waals surface area contributed by atoms with E-state index in [4.69, 9.17) is 37.0 Å². The van der Waals surface area contributed by atoms with Gasteiger partial charge in [0.05, 0.1) is 77.8 Å². The number of hydrogen-bond acceptors (Lipinski definition) is 18. The van der Waals surface area contributed by atoms with Gasteiger partial charge in [0.25, 0.3) is 0 Å². The van der Waals surface area contributed by atoms with Crippen LogP contribution < -0.4 is 80.4 Å². The molecule has 0 aromatic rings. The largest absolute Gasteiger partial charge is 1.00 e. The Kier molecular flexibility index (Phi) is 84.9. The monoisotopic (exact) mass is 1670 g/mol. The van der Waals surface area contributed by atoms with Gasteiger partial charge in [-0.15, -0.1) is 0 Å². The minimum Gasteiger partial charge on any atom is -1.00 e. The minimum absolute atomic E-state index is 0. The number of phosphoric ester groups is 2. The van der Waals surface area contributed by atoms with Gasteiger partial charge in [0.15, 0.2) is 0 Å². The number of ketones is 2. The predicted octanol–water partition coefficient (Wildman–Crippen LogP) is 13.6. The second kappa shape index (κ2) is 83.4. The average Bonchev–Trinajstić information content (AvgIpc) is 0.908. The molecule has 0 aliphatic heterocycles. The molecule has 24 nitrogen and oxygen atoms in total. The van der Waals surface area contributed by atoms with Gasteiger partial charge < -0.3 is 52.9 Å². The van der Waals surface area contributed by atoms with Crippen LogP contribution in [0, 0.1) is 0 Å². The van der Waals surface area contributed by atoms with E-state index in [2.05, 4.69) is 87.1 Å². The Labute approximate surface area is 731 Å². The van der Waals surface area contributed by atoms with Crippen LogP contribution in [0.1, 0.15) is 385 Å². The number of ether oxygens (including phenoxy) is 4. The van der Waals surface area contributed by atoms with E-state index in [1.54, 1.807) is 0 Å². The van der Waals surface area contributed by atoms with Crippen molar-refractivity contribution >= 4 is 62.8 Å². The Morgan fingerprint density at radius 3 is 0.947 bits per heavy atom. The maximum Gasteiger partial charge on any atom is 1.00 e. The van der Waals surface area contributed by atoms with Crippen molar-refractivity contribution in [2.45, 2.75) is 406 Å². The molecule has 0 saturated heterocycles. The fourth-order valence-corrected chi connectivity index (χ4v) is 14.0. The van der Waals surface area contributed by atoms with Crippen LogP contribution in [0.25, 0.3) is 0 Å². The summed E-state index contributed by atoms with van der Waals surface area (Å²) in [7, 11) is -9.66. The molecule has 28 heteroatoms. The van der Waals surface area contributed by atoms with Gasteiger partial charge in [-0.25, -0.2) is 9.13 Å². The number of amides is 4.